The number of hydrogen-bond donors (Lipinski definition) is 0. The fourth-order valence-electron chi connectivity index (χ4n) is 1.48. The molecule has 1 aromatic rings. The zero-order chi connectivity index (χ0) is 11.7. The molecule has 1 aliphatic rings. The Hall–Kier alpha value is -1.24. The minimum absolute atomic E-state index is 0.279. The van der Waals surface area contributed by atoms with E-state index in [1.807, 2.05) is 6.07 Å². The molecule has 0 atom stereocenters. The van der Waals surface area contributed by atoms with Gasteiger partial charge in [-0.05, 0) is 40.8 Å². The Morgan fingerprint density at radius 1 is 1.31 bits per heavy atom. The molecule has 0 fully saturated rings. The number of rotatable bonds is 1. The van der Waals surface area contributed by atoms with Crippen LogP contribution in [0.25, 0.3) is 0 Å². The summed E-state index contributed by atoms with van der Waals surface area (Å²) in [7, 11) is 0. The standard InChI is InChI=1S/C11H7FINO2/c12-10-5-9(15)6-11(16)14(10)8-3-1-2-7(13)4-8/h1-5H,6H2. The largest absolute Gasteiger partial charge is 0.294 e. The van der Waals surface area contributed by atoms with Crippen molar-refractivity contribution < 1.29 is 14.0 Å². The molecule has 0 bridgehead atoms. The van der Waals surface area contributed by atoms with Gasteiger partial charge < -0.3 is 0 Å². The van der Waals surface area contributed by atoms with Crippen LogP contribution in [0.1, 0.15) is 6.42 Å². The average molecular weight is 331 g/mol. The number of amides is 1. The molecule has 0 aromatic heterocycles. The van der Waals surface area contributed by atoms with Crippen molar-refractivity contribution in [1.29, 1.82) is 0 Å². The van der Waals surface area contributed by atoms with E-state index in [1.54, 1.807) is 18.2 Å². The molecule has 1 heterocycles. The van der Waals surface area contributed by atoms with E-state index in [4.69, 9.17) is 0 Å². The summed E-state index contributed by atoms with van der Waals surface area (Å²) in [5.74, 6) is -1.85. The Morgan fingerprint density at radius 2 is 2.06 bits per heavy atom. The maximum Gasteiger partial charge on any atom is 0.241 e. The number of benzene rings is 1. The van der Waals surface area contributed by atoms with Gasteiger partial charge in [0.1, 0.15) is 0 Å². The van der Waals surface area contributed by atoms with Gasteiger partial charge in [0, 0.05) is 9.65 Å². The Labute approximate surface area is 105 Å². The summed E-state index contributed by atoms with van der Waals surface area (Å²) in [6.07, 6.45) is 0.570. The van der Waals surface area contributed by atoms with Crippen molar-refractivity contribution in [3.8, 4) is 0 Å². The zero-order valence-corrected chi connectivity index (χ0v) is 10.3. The van der Waals surface area contributed by atoms with Gasteiger partial charge in [-0.25, -0.2) is 0 Å². The maximum absolute atomic E-state index is 13.5. The van der Waals surface area contributed by atoms with Crippen LogP contribution in [-0.4, -0.2) is 11.7 Å². The number of hydrogen-bond acceptors (Lipinski definition) is 2. The minimum atomic E-state index is -0.816. The van der Waals surface area contributed by atoms with Crippen LogP contribution in [-0.2, 0) is 9.59 Å². The van der Waals surface area contributed by atoms with Crippen molar-refractivity contribution >= 4 is 40.0 Å². The monoisotopic (exact) mass is 331 g/mol. The van der Waals surface area contributed by atoms with Gasteiger partial charge in [0.2, 0.25) is 11.9 Å². The molecular formula is C11H7FINO2. The number of ketones is 1. The summed E-state index contributed by atoms with van der Waals surface area (Å²) < 4.78 is 14.4. The van der Waals surface area contributed by atoms with E-state index in [0.717, 1.165) is 14.5 Å². The van der Waals surface area contributed by atoms with Crippen LogP contribution in [0, 0.1) is 3.57 Å². The van der Waals surface area contributed by atoms with Gasteiger partial charge in [-0.15, -0.1) is 0 Å². The van der Waals surface area contributed by atoms with Crippen LogP contribution < -0.4 is 4.90 Å². The molecule has 3 nitrogen and oxygen atoms in total. The van der Waals surface area contributed by atoms with Crippen LogP contribution in [0.3, 0.4) is 0 Å². The molecule has 82 valence electrons. The average Bonchev–Trinajstić information content (AvgIpc) is 2.15. The SMILES string of the molecule is O=C1C=C(F)N(c2cccc(I)c2)C(=O)C1. The summed E-state index contributed by atoms with van der Waals surface area (Å²) >= 11 is 2.07. The molecule has 0 spiro atoms. The lowest BCUT2D eigenvalue weighted by atomic mass is 10.1. The Balaban J connectivity index is 2.44. The summed E-state index contributed by atoms with van der Waals surface area (Å²) in [4.78, 5) is 23.4. The quantitative estimate of drug-likeness (QED) is 0.450. The van der Waals surface area contributed by atoms with Crippen LogP contribution in [0.2, 0.25) is 0 Å². The van der Waals surface area contributed by atoms with Gasteiger partial charge in [-0.2, -0.15) is 4.39 Å². The van der Waals surface area contributed by atoms with Crippen molar-refractivity contribution in [2.75, 3.05) is 4.90 Å². The van der Waals surface area contributed by atoms with E-state index in [1.165, 1.54) is 0 Å². The molecule has 1 amide bonds. The Kier molecular flexibility index (Phi) is 3.04. The second-order valence-corrected chi connectivity index (χ2v) is 4.56. The van der Waals surface area contributed by atoms with Crippen molar-refractivity contribution in [2.45, 2.75) is 6.42 Å². The normalized spacial score (nSPS) is 16.4. The predicted octanol–water partition coefficient (Wildman–Crippen LogP) is 2.41. The molecule has 0 unspecified atom stereocenters. The summed E-state index contributed by atoms with van der Waals surface area (Å²) in [6.45, 7) is 0. The number of halogens is 2. The maximum atomic E-state index is 13.5. The minimum Gasteiger partial charge on any atom is -0.294 e. The van der Waals surface area contributed by atoms with Crippen molar-refractivity contribution in [3.05, 3.63) is 39.9 Å². The highest BCUT2D eigenvalue weighted by Gasteiger charge is 2.27. The molecular weight excluding hydrogens is 324 g/mol. The van der Waals surface area contributed by atoms with E-state index in [0.29, 0.717) is 5.69 Å². The topological polar surface area (TPSA) is 37.4 Å². The van der Waals surface area contributed by atoms with Crippen molar-refractivity contribution in [1.82, 2.24) is 0 Å². The van der Waals surface area contributed by atoms with E-state index in [9.17, 15) is 14.0 Å². The van der Waals surface area contributed by atoms with Crippen molar-refractivity contribution in [2.24, 2.45) is 0 Å². The molecule has 16 heavy (non-hydrogen) atoms. The van der Waals surface area contributed by atoms with Gasteiger partial charge >= 0.3 is 0 Å². The highest BCUT2D eigenvalue weighted by Crippen LogP contribution is 2.25. The third-order valence-corrected chi connectivity index (χ3v) is 2.81. The van der Waals surface area contributed by atoms with Gasteiger partial charge in [0.25, 0.3) is 0 Å². The van der Waals surface area contributed by atoms with Gasteiger partial charge in [-0.1, -0.05) is 6.07 Å². The summed E-state index contributed by atoms with van der Waals surface area (Å²) in [5.41, 5.74) is 0.443. The van der Waals surface area contributed by atoms with E-state index in [2.05, 4.69) is 22.6 Å². The van der Waals surface area contributed by atoms with Gasteiger partial charge in [-0.3, -0.25) is 14.5 Å². The first-order valence-corrected chi connectivity index (χ1v) is 5.64. The summed E-state index contributed by atoms with van der Waals surface area (Å²) in [5, 5.41) is 0. The second kappa shape index (κ2) is 4.32. The second-order valence-electron chi connectivity index (χ2n) is 3.32. The molecule has 0 N–H and O–H groups in total. The number of carbonyl (C=O) groups is 2. The highest BCUT2D eigenvalue weighted by atomic mass is 127. The fraction of sp³-hybridized carbons (Fsp3) is 0.0909. The van der Waals surface area contributed by atoms with E-state index < -0.39 is 17.6 Å². The number of anilines is 1. The first-order chi connectivity index (χ1) is 7.58. The molecule has 1 aliphatic heterocycles. The lowest BCUT2D eigenvalue weighted by Crippen LogP contribution is -2.34. The van der Waals surface area contributed by atoms with E-state index >= 15 is 0 Å². The van der Waals surface area contributed by atoms with E-state index in [-0.39, 0.29) is 6.42 Å². The Morgan fingerprint density at radius 3 is 2.69 bits per heavy atom. The number of allylic oxidation sites excluding steroid dienone is 1. The number of carbonyl (C=O) groups excluding carboxylic acids is 2. The summed E-state index contributed by atoms with van der Waals surface area (Å²) in [6, 6.07) is 6.88. The molecule has 0 saturated heterocycles. The van der Waals surface area contributed by atoms with Gasteiger partial charge in [0.05, 0.1) is 12.1 Å². The van der Waals surface area contributed by atoms with Crippen LogP contribution in [0.15, 0.2) is 36.3 Å². The molecule has 0 saturated carbocycles. The van der Waals surface area contributed by atoms with Crippen LogP contribution >= 0.6 is 22.6 Å². The Bertz CT molecular complexity index is 499. The fourth-order valence-corrected chi connectivity index (χ4v) is 2.00. The molecule has 0 radical (unpaired) electrons. The van der Waals surface area contributed by atoms with Crippen molar-refractivity contribution in [3.63, 3.8) is 0 Å². The molecule has 1 aromatic carbocycles. The van der Waals surface area contributed by atoms with Crippen LogP contribution in [0.5, 0.6) is 0 Å². The smallest absolute Gasteiger partial charge is 0.241 e. The lowest BCUT2D eigenvalue weighted by molar-refractivity contribution is -0.125. The first-order valence-electron chi connectivity index (χ1n) is 4.56. The predicted molar refractivity (Wildman–Crippen MR) is 65.5 cm³/mol. The lowest BCUT2D eigenvalue weighted by Gasteiger charge is -2.23. The molecule has 2 rings (SSSR count). The van der Waals surface area contributed by atoms with Crippen LogP contribution in [0.4, 0.5) is 10.1 Å². The first kappa shape index (κ1) is 11.3. The number of nitrogens with zero attached hydrogens (tertiary/aromatic N) is 1. The molecule has 5 heteroatoms. The zero-order valence-electron chi connectivity index (χ0n) is 8.11. The highest BCUT2D eigenvalue weighted by molar-refractivity contribution is 14.1. The third kappa shape index (κ3) is 2.13. The van der Waals surface area contributed by atoms with Gasteiger partial charge in [0.15, 0.2) is 5.78 Å². The third-order valence-electron chi connectivity index (χ3n) is 2.13. The molecule has 0 aliphatic carbocycles.